The quantitative estimate of drug-likeness (QED) is 0.875. The molecule has 0 saturated carbocycles. The molecule has 1 amide bonds. The van der Waals surface area contributed by atoms with E-state index in [4.69, 9.17) is 4.74 Å². The largest absolute Gasteiger partial charge is 0.371 e. The van der Waals surface area contributed by atoms with E-state index in [-0.39, 0.29) is 17.6 Å². The molecule has 1 atom stereocenters. The van der Waals surface area contributed by atoms with Gasteiger partial charge >= 0.3 is 0 Å². The summed E-state index contributed by atoms with van der Waals surface area (Å²) in [4.78, 5) is 12.0. The third-order valence-corrected chi connectivity index (χ3v) is 3.51. The Kier molecular flexibility index (Phi) is 5.37. The van der Waals surface area contributed by atoms with Crippen LogP contribution in [0.5, 0.6) is 0 Å². The van der Waals surface area contributed by atoms with Gasteiger partial charge in [-0.2, -0.15) is 0 Å². The van der Waals surface area contributed by atoms with Gasteiger partial charge in [0.15, 0.2) is 0 Å². The summed E-state index contributed by atoms with van der Waals surface area (Å²) < 4.78 is 5.78. The van der Waals surface area contributed by atoms with Gasteiger partial charge in [-0.25, -0.2) is 0 Å². The summed E-state index contributed by atoms with van der Waals surface area (Å²) in [5, 5.41) is 6.21. The summed E-state index contributed by atoms with van der Waals surface area (Å²) in [5.74, 6) is 0.101. The van der Waals surface area contributed by atoms with E-state index in [9.17, 15) is 4.79 Å². The van der Waals surface area contributed by atoms with Crippen LogP contribution in [0.15, 0.2) is 24.3 Å². The Morgan fingerprint density at radius 2 is 2.14 bits per heavy atom. The van der Waals surface area contributed by atoms with Crippen LogP contribution in [0.25, 0.3) is 0 Å². The SMILES string of the molecule is CC(C)(C)OCc1cccc(CNC(=O)C2CCCN2)c1. The van der Waals surface area contributed by atoms with Crippen molar-refractivity contribution in [2.24, 2.45) is 0 Å². The molecule has 0 radical (unpaired) electrons. The number of amides is 1. The molecule has 1 heterocycles. The average molecular weight is 290 g/mol. The van der Waals surface area contributed by atoms with E-state index in [0.29, 0.717) is 13.2 Å². The number of ether oxygens (including phenoxy) is 1. The summed E-state index contributed by atoms with van der Waals surface area (Å²) in [7, 11) is 0. The van der Waals surface area contributed by atoms with Crippen LogP contribution in [0.4, 0.5) is 0 Å². The second-order valence-corrected chi connectivity index (χ2v) is 6.59. The van der Waals surface area contributed by atoms with Gasteiger partial charge in [0.2, 0.25) is 5.91 Å². The zero-order valence-electron chi connectivity index (χ0n) is 13.2. The Bertz CT molecular complexity index is 474. The topological polar surface area (TPSA) is 50.4 Å². The van der Waals surface area contributed by atoms with Gasteiger partial charge in [0.25, 0.3) is 0 Å². The van der Waals surface area contributed by atoms with Crippen molar-refractivity contribution in [3.8, 4) is 0 Å². The summed E-state index contributed by atoms with van der Waals surface area (Å²) >= 11 is 0. The van der Waals surface area contributed by atoms with Gasteiger partial charge in [-0.05, 0) is 51.3 Å². The Morgan fingerprint density at radius 1 is 1.38 bits per heavy atom. The van der Waals surface area contributed by atoms with Crippen molar-refractivity contribution in [2.75, 3.05) is 6.54 Å². The third kappa shape index (κ3) is 5.48. The van der Waals surface area contributed by atoms with Gasteiger partial charge in [-0.3, -0.25) is 4.79 Å². The van der Waals surface area contributed by atoms with Crippen molar-refractivity contribution in [1.82, 2.24) is 10.6 Å². The first-order valence-corrected chi connectivity index (χ1v) is 7.67. The molecular formula is C17H26N2O2. The fourth-order valence-electron chi connectivity index (χ4n) is 2.35. The van der Waals surface area contributed by atoms with Crippen LogP contribution in [0.1, 0.15) is 44.7 Å². The highest BCUT2D eigenvalue weighted by atomic mass is 16.5. The number of benzene rings is 1. The zero-order valence-corrected chi connectivity index (χ0v) is 13.2. The van der Waals surface area contributed by atoms with Crippen molar-refractivity contribution in [3.05, 3.63) is 35.4 Å². The van der Waals surface area contributed by atoms with E-state index in [2.05, 4.69) is 22.8 Å². The Hall–Kier alpha value is -1.39. The fourth-order valence-corrected chi connectivity index (χ4v) is 2.35. The van der Waals surface area contributed by atoms with Crippen molar-refractivity contribution >= 4 is 5.91 Å². The molecule has 1 unspecified atom stereocenters. The number of hydrogen-bond acceptors (Lipinski definition) is 3. The first kappa shape index (κ1) is 16.0. The number of carbonyl (C=O) groups is 1. The van der Waals surface area contributed by atoms with E-state index in [1.807, 2.05) is 32.9 Å². The number of nitrogens with one attached hydrogen (secondary N) is 2. The first-order chi connectivity index (χ1) is 9.94. The van der Waals surface area contributed by atoms with Gasteiger partial charge in [-0.1, -0.05) is 24.3 Å². The lowest BCUT2D eigenvalue weighted by Crippen LogP contribution is -2.40. The van der Waals surface area contributed by atoms with Gasteiger partial charge in [-0.15, -0.1) is 0 Å². The maximum Gasteiger partial charge on any atom is 0.237 e. The zero-order chi connectivity index (χ0) is 15.3. The predicted molar refractivity (Wildman–Crippen MR) is 83.9 cm³/mol. The van der Waals surface area contributed by atoms with Crippen LogP contribution in [0.2, 0.25) is 0 Å². The highest BCUT2D eigenvalue weighted by molar-refractivity contribution is 5.81. The van der Waals surface area contributed by atoms with Crippen LogP contribution >= 0.6 is 0 Å². The van der Waals surface area contributed by atoms with E-state index in [0.717, 1.165) is 30.5 Å². The maximum atomic E-state index is 12.0. The second kappa shape index (κ2) is 7.05. The van der Waals surface area contributed by atoms with Crippen LogP contribution in [-0.4, -0.2) is 24.1 Å². The molecule has 1 aromatic rings. The minimum absolute atomic E-state index is 0.0163. The molecule has 0 spiro atoms. The summed E-state index contributed by atoms with van der Waals surface area (Å²) in [6, 6.07) is 8.17. The van der Waals surface area contributed by atoms with E-state index >= 15 is 0 Å². The number of carbonyl (C=O) groups excluding carboxylic acids is 1. The minimum atomic E-state index is -0.141. The van der Waals surface area contributed by atoms with Crippen LogP contribution < -0.4 is 10.6 Å². The lowest BCUT2D eigenvalue weighted by Gasteiger charge is -2.19. The van der Waals surface area contributed by atoms with Crippen molar-refractivity contribution in [3.63, 3.8) is 0 Å². The molecule has 4 nitrogen and oxygen atoms in total. The van der Waals surface area contributed by atoms with Gasteiger partial charge in [0.1, 0.15) is 0 Å². The summed E-state index contributed by atoms with van der Waals surface area (Å²) in [6.07, 6.45) is 2.02. The normalized spacial score (nSPS) is 18.7. The van der Waals surface area contributed by atoms with Crippen molar-refractivity contribution < 1.29 is 9.53 Å². The molecule has 1 aromatic carbocycles. The first-order valence-electron chi connectivity index (χ1n) is 7.67. The Labute approximate surface area is 127 Å². The molecule has 2 N–H and O–H groups in total. The predicted octanol–water partition coefficient (Wildman–Crippen LogP) is 2.37. The molecule has 0 bridgehead atoms. The van der Waals surface area contributed by atoms with Crippen LogP contribution in [0.3, 0.4) is 0 Å². The molecule has 4 heteroatoms. The summed E-state index contributed by atoms with van der Waals surface area (Å²) in [6.45, 7) is 8.25. The maximum absolute atomic E-state index is 12.0. The second-order valence-electron chi connectivity index (χ2n) is 6.59. The lowest BCUT2D eigenvalue weighted by molar-refractivity contribution is -0.122. The highest BCUT2D eigenvalue weighted by Gasteiger charge is 2.21. The van der Waals surface area contributed by atoms with Crippen molar-refractivity contribution in [2.45, 2.75) is 58.4 Å². The van der Waals surface area contributed by atoms with Crippen LogP contribution in [0, 0.1) is 0 Å². The van der Waals surface area contributed by atoms with E-state index in [1.54, 1.807) is 0 Å². The lowest BCUT2D eigenvalue weighted by atomic mass is 10.1. The van der Waals surface area contributed by atoms with E-state index < -0.39 is 0 Å². The molecule has 1 aliphatic rings. The summed E-state index contributed by atoms with van der Waals surface area (Å²) in [5.41, 5.74) is 2.10. The van der Waals surface area contributed by atoms with Gasteiger partial charge in [0, 0.05) is 6.54 Å². The molecular weight excluding hydrogens is 264 g/mol. The average Bonchev–Trinajstić information content (AvgIpc) is 2.96. The molecule has 2 rings (SSSR count). The number of rotatable bonds is 5. The smallest absolute Gasteiger partial charge is 0.237 e. The Balaban J connectivity index is 1.84. The third-order valence-electron chi connectivity index (χ3n) is 3.51. The van der Waals surface area contributed by atoms with E-state index in [1.165, 1.54) is 0 Å². The molecule has 0 aliphatic carbocycles. The monoisotopic (exact) mass is 290 g/mol. The molecule has 0 aromatic heterocycles. The molecule has 1 fully saturated rings. The minimum Gasteiger partial charge on any atom is -0.371 e. The molecule has 21 heavy (non-hydrogen) atoms. The van der Waals surface area contributed by atoms with Crippen molar-refractivity contribution in [1.29, 1.82) is 0 Å². The highest BCUT2D eigenvalue weighted by Crippen LogP contribution is 2.13. The standard InChI is InChI=1S/C17H26N2O2/c1-17(2,3)21-12-14-7-4-6-13(10-14)11-19-16(20)15-8-5-9-18-15/h4,6-7,10,15,18H,5,8-9,11-12H2,1-3H3,(H,19,20). The molecule has 1 aliphatic heterocycles. The van der Waals surface area contributed by atoms with Gasteiger partial charge < -0.3 is 15.4 Å². The molecule has 116 valence electrons. The van der Waals surface area contributed by atoms with Crippen LogP contribution in [-0.2, 0) is 22.7 Å². The molecule has 1 saturated heterocycles. The Morgan fingerprint density at radius 3 is 2.81 bits per heavy atom. The number of hydrogen-bond donors (Lipinski definition) is 2. The fraction of sp³-hybridized carbons (Fsp3) is 0.588. The van der Waals surface area contributed by atoms with Gasteiger partial charge in [0.05, 0.1) is 18.2 Å².